The van der Waals surface area contributed by atoms with Crippen LogP contribution in [0.5, 0.6) is 0 Å². The van der Waals surface area contributed by atoms with Gasteiger partial charge in [-0.25, -0.2) is 0 Å². The quantitative estimate of drug-likeness (QED) is 0.540. The van der Waals surface area contributed by atoms with Crippen LogP contribution in [-0.4, -0.2) is 47.4 Å². The zero-order chi connectivity index (χ0) is 25.1. The maximum absolute atomic E-state index is 13.1. The number of amides is 2. The van der Waals surface area contributed by atoms with Gasteiger partial charge in [-0.2, -0.15) is 4.98 Å². The summed E-state index contributed by atoms with van der Waals surface area (Å²) in [6, 6.07) is 7.49. The Bertz CT molecular complexity index is 1170. The van der Waals surface area contributed by atoms with Gasteiger partial charge in [-0.3, -0.25) is 24.2 Å². The molecule has 0 aliphatic carbocycles. The van der Waals surface area contributed by atoms with Gasteiger partial charge in [0.15, 0.2) is 0 Å². The molecule has 0 saturated carbocycles. The van der Waals surface area contributed by atoms with Crippen LogP contribution in [0.3, 0.4) is 0 Å². The number of fused-ring (bicyclic) bond motifs is 1. The van der Waals surface area contributed by atoms with E-state index >= 15 is 0 Å². The lowest BCUT2D eigenvalue weighted by molar-refractivity contribution is -0.148. The Morgan fingerprint density at radius 1 is 1.17 bits per heavy atom. The minimum absolute atomic E-state index is 0.0998. The molecule has 10 nitrogen and oxygen atoms in total. The number of aromatic amines is 1. The number of nitrogens with zero attached hydrogens (tertiary/aromatic N) is 2. The van der Waals surface area contributed by atoms with E-state index in [2.05, 4.69) is 34.4 Å². The number of aromatic nitrogens is 2. The van der Waals surface area contributed by atoms with Crippen molar-refractivity contribution in [3.8, 4) is 0 Å². The summed E-state index contributed by atoms with van der Waals surface area (Å²) in [5.41, 5.74) is 1.42. The van der Waals surface area contributed by atoms with Crippen molar-refractivity contribution < 1.29 is 19.1 Å². The van der Waals surface area contributed by atoms with Crippen LogP contribution in [0.4, 0.5) is 17.5 Å². The largest absolute Gasteiger partial charge is 0.466 e. The van der Waals surface area contributed by atoms with Crippen LogP contribution in [0.25, 0.3) is 0 Å². The van der Waals surface area contributed by atoms with Gasteiger partial charge >= 0.3 is 5.97 Å². The number of ether oxygens (including phenoxy) is 1. The lowest BCUT2D eigenvalue weighted by Crippen LogP contribution is -2.41. The second-order valence-corrected chi connectivity index (χ2v) is 9.24. The van der Waals surface area contributed by atoms with Crippen LogP contribution < -0.4 is 21.1 Å². The van der Waals surface area contributed by atoms with Gasteiger partial charge in [0.05, 0.1) is 24.0 Å². The highest BCUT2D eigenvalue weighted by molar-refractivity contribution is 6.04. The van der Waals surface area contributed by atoms with Gasteiger partial charge in [-0.1, -0.05) is 26.0 Å². The molecule has 186 valence electrons. The molecule has 4 rings (SSSR count). The second-order valence-electron chi connectivity index (χ2n) is 9.24. The van der Waals surface area contributed by atoms with E-state index in [-0.39, 0.29) is 35.6 Å². The molecule has 3 heterocycles. The monoisotopic (exact) mass is 481 g/mol. The van der Waals surface area contributed by atoms with Gasteiger partial charge in [-0.05, 0) is 43.4 Å². The summed E-state index contributed by atoms with van der Waals surface area (Å²) in [6.07, 6.45) is 1.01. The molecule has 10 heteroatoms. The lowest BCUT2D eigenvalue weighted by Gasteiger charge is -2.32. The standard InChI is InChI=1S/C25H31N5O5/c1-4-35-24(34)16-9-11-30(12-10-16)25-28-21-20(23(33)29-25)18(13-19(31)27-21)22(32)26-17-7-5-15(6-8-17)14(2)3/h5-8,14,16,18H,4,9-13H2,1-3H3,(H,26,32)(H2,27,28,29,31,33). The molecule has 1 atom stereocenters. The molecule has 1 saturated heterocycles. The minimum Gasteiger partial charge on any atom is -0.466 e. The second kappa shape index (κ2) is 10.3. The zero-order valence-corrected chi connectivity index (χ0v) is 20.2. The predicted octanol–water partition coefficient (Wildman–Crippen LogP) is 2.74. The van der Waals surface area contributed by atoms with Crippen molar-refractivity contribution >= 4 is 35.2 Å². The third kappa shape index (κ3) is 5.36. The average molecular weight is 482 g/mol. The Hall–Kier alpha value is -3.69. The first-order valence-corrected chi connectivity index (χ1v) is 12.0. The van der Waals surface area contributed by atoms with Crippen molar-refractivity contribution in [3.05, 3.63) is 45.7 Å². The summed E-state index contributed by atoms with van der Waals surface area (Å²) in [4.78, 5) is 59.6. The highest BCUT2D eigenvalue weighted by atomic mass is 16.5. The van der Waals surface area contributed by atoms with E-state index in [1.54, 1.807) is 6.92 Å². The van der Waals surface area contributed by atoms with E-state index in [0.717, 1.165) is 5.56 Å². The average Bonchev–Trinajstić information content (AvgIpc) is 2.83. The molecular formula is C25H31N5O5. The third-order valence-electron chi connectivity index (χ3n) is 6.51. The van der Waals surface area contributed by atoms with Gasteiger partial charge in [0.2, 0.25) is 17.8 Å². The molecule has 1 unspecified atom stereocenters. The maximum Gasteiger partial charge on any atom is 0.309 e. The van der Waals surface area contributed by atoms with Crippen LogP contribution in [0.2, 0.25) is 0 Å². The van der Waals surface area contributed by atoms with Crippen LogP contribution in [-0.2, 0) is 19.1 Å². The first-order chi connectivity index (χ1) is 16.8. The fourth-order valence-corrected chi connectivity index (χ4v) is 4.50. The molecule has 0 bridgehead atoms. The molecule has 0 spiro atoms. The van der Waals surface area contributed by atoms with Crippen molar-refractivity contribution in [2.45, 2.75) is 51.9 Å². The number of esters is 1. The molecule has 1 aromatic carbocycles. The molecule has 2 amide bonds. The number of hydrogen-bond acceptors (Lipinski definition) is 7. The molecule has 2 aliphatic heterocycles. The van der Waals surface area contributed by atoms with Crippen molar-refractivity contribution in [2.75, 3.05) is 35.2 Å². The predicted molar refractivity (Wildman–Crippen MR) is 132 cm³/mol. The van der Waals surface area contributed by atoms with Crippen LogP contribution in [0.15, 0.2) is 29.1 Å². The van der Waals surface area contributed by atoms with E-state index in [1.165, 1.54) is 0 Å². The SMILES string of the molecule is CCOC(=O)C1CCN(c2nc3c(c(=O)[nH]2)C(C(=O)Nc2ccc(C(C)C)cc2)CC(=O)N3)CC1. The Kier molecular flexibility index (Phi) is 7.18. The number of piperidine rings is 1. The summed E-state index contributed by atoms with van der Waals surface area (Å²) >= 11 is 0. The number of carbonyl (C=O) groups is 3. The highest BCUT2D eigenvalue weighted by Crippen LogP contribution is 2.31. The fourth-order valence-electron chi connectivity index (χ4n) is 4.50. The summed E-state index contributed by atoms with van der Waals surface area (Å²) in [5, 5.41) is 5.46. The summed E-state index contributed by atoms with van der Waals surface area (Å²) < 4.78 is 5.10. The van der Waals surface area contributed by atoms with Crippen LogP contribution in [0.1, 0.15) is 63.0 Å². The number of hydrogen-bond donors (Lipinski definition) is 3. The molecule has 0 radical (unpaired) electrons. The maximum atomic E-state index is 13.1. The molecule has 2 aliphatic rings. The van der Waals surface area contributed by atoms with Crippen molar-refractivity contribution in [3.63, 3.8) is 0 Å². The highest BCUT2D eigenvalue weighted by Gasteiger charge is 2.36. The number of H-pyrrole nitrogens is 1. The summed E-state index contributed by atoms with van der Waals surface area (Å²) in [7, 11) is 0. The Balaban J connectivity index is 1.51. The van der Waals surface area contributed by atoms with Crippen LogP contribution in [0, 0.1) is 5.92 Å². The van der Waals surface area contributed by atoms with E-state index < -0.39 is 17.4 Å². The smallest absolute Gasteiger partial charge is 0.309 e. The van der Waals surface area contributed by atoms with Gasteiger partial charge in [-0.15, -0.1) is 0 Å². The Labute approximate surface area is 203 Å². The zero-order valence-electron chi connectivity index (χ0n) is 20.2. The first kappa shape index (κ1) is 24.4. The topological polar surface area (TPSA) is 133 Å². The van der Waals surface area contributed by atoms with Crippen molar-refractivity contribution in [2.24, 2.45) is 5.92 Å². The fraction of sp³-hybridized carbons (Fsp3) is 0.480. The Morgan fingerprint density at radius 3 is 2.49 bits per heavy atom. The van der Waals surface area contributed by atoms with Crippen molar-refractivity contribution in [1.29, 1.82) is 0 Å². The van der Waals surface area contributed by atoms with Gasteiger partial charge in [0.25, 0.3) is 5.56 Å². The van der Waals surface area contributed by atoms with E-state index in [0.29, 0.717) is 50.1 Å². The number of carbonyl (C=O) groups excluding carboxylic acids is 3. The van der Waals surface area contributed by atoms with Gasteiger partial charge in [0.1, 0.15) is 5.82 Å². The molecular weight excluding hydrogens is 450 g/mol. The number of anilines is 3. The van der Waals surface area contributed by atoms with E-state index in [1.807, 2.05) is 29.2 Å². The Morgan fingerprint density at radius 2 is 1.86 bits per heavy atom. The van der Waals surface area contributed by atoms with Gasteiger partial charge in [0, 0.05) is 25.2 Å². The number of nitrogens with one attached hydrogen (secondary N) is 3. The van der Waals surface area contributed by atoms with E-state index in [4.69, 9.17) is 4.74 Å². The summed E-state index contributed by atoms with van der Waals surface area (Å²) in [5.74, 6) is -1.39. The minimum atomic E-state index is -0.955. The normalized spacial score (nSPS) is 18.1. The van der Waals surface area contributed by atoms with Crippen LogP contribution >= 0.6 is 0 Å². The first-order valence-electron chi connectivity index (χ1n) is 12.0. The van der Waals surface area contributed by atoms with Gasteiger partial charge < -0.3 is 20.3 Å². The molecule has 2 aromatic rings. The molecule has 3 N–H and O–H groups in total. The third-order valence-corrected chi connectivity index (χ3v) is 6.51. The molecule has 1 aromatic heterocycles. The van der Waals surface area contributed by atoms with Crippen molar-refractivity contribution in [1.82, 2.24) is 9.97 Å². The molecule has 1 fully saturated rings. The van der Waals surface area contributed by atoms with E-state index in [9.17, 15) is 19.2 Å². The number of benzene rings is 1. The number of rotatable bonds is 6. The summed E-state index contributed by atoms with van der Waals surface area (Å²) in [6.45, 7) is 7.31. The lowest BCUT2D eigenvalue weighted by atomic mass is 9.92. The molecule has 35 heavy (non-hydrogen) atoms.